The summed E-state index contributed by atoms with van der Waals surface area (Å²) in [6, 6.07) is 19.8. The normalized spacial score (nSPS) is 13.0. The zero-order valence-corrected chi connectivity index (χ0v) is 11.6. The molecule has 2 heterocycles. The largest absolute Gasteiger partial charge is 0.455 e. The maximum absolute atomic E-state index is 12.0. The Hall–Kier alpha value is -3.07. The monoisotopic (exact) mass is 285 g/mol. The van der Waals surface area contributed by atoms with E-state index in [0.717, 1.165) is 38.8 Å². The van der Waals surface area contributed by atoms with Crippen molar-refractivity contribution in [1.29, 1.82) is 0 Å². The van der Waals surface area contributed by atoms with Gasteiger partial charge in [-0.1, -0.05) is 42.5 Å². The first-order chi connectivity index (χ1) is 10.8. The highest BCUT2D eigenvalue weighted by molar-refractivity contribution is 6.28. The Bertz CT molecular complexity index is 1060. The lowest BCUT2D eigenvalue weighted by Gasteiger charge is -2.00. The SMILES string of the molecule is O=C1Nc2cc3cc(-c4ccccc4)oc3c3cccc1c23. The van der Waals surface area contributed by atoms with Gasteiger partial charge in [0.25, 0.3) is 5.91 Å². The predicted molar refractivity (Wildman–Crippen MR) is 87.1 cm³/mol. The van der Waals surface area contributed by atoms with Gasteiger partial charge in [0.2, 0.25) is 0 Å². The van der Waals surface area contributed by atoms with Crippen LogP contribution in [0.15, 0.2) is 65.1 Å². The van der Waals surface area contributed by atoms with Crippen LogP contribution in [0.25, 0.3) is 33.1 Å². The number of anilines is 1. The molecule has 0 saturated heterocycles. The van der Waals surface area contributed by atoms with Gasteiger partial charge in [-0.15, -0.1) is 0 Å². The molecule has 0 aliphatic carbocycles. The van der Waals surface area contributed by atoms with E-state index in [9.17, 15) is 4.79 Å². The minimum atomic E-state index is -0.0449. The Balaban J connectivity index is 1.88. The highest BCUT2D eigenvalue weighted by Gasteiger charge is 2.24. The number of hydrogen-bond donors (Lipinski definition) is 1. The van der Waals surface area contributed by atoms with Crippen molar-refractivity contribution in [2.75, 3.05) is 5.32 Å². The summed E-state index contributed by atoms with van der Waals surface area (Å²) in [5.41, 5.74) is 3.46. The fourth-order valence-electron chi connectivity index (χ4n) is 3.20. The molecule has 0 fully saturated rings. The first kappa shape index (κ1) is 11.6. The number of benzene rings is 3. The van der Waals surface area contributed by atoms with Crippen molar-refractivity contribution < 1.29 is 9.21 Å². The number of nitrogens with one attached hydrogen (secondary N) is 1. The fourth-order valence-corrected chi connectivity index (χ4v) is 3.20. The summed E-state index contributed by atoms with van der Waals surface area (Å²) < 4.78 is 6.10. The Kier molecular flexibility index (Phi) is 2.09. The minimum absolute atomic E-state index is 0.0449. The molecule has 5 rings (SSSR count). The lowest BCUT2D eigenvalue weighted by Crippen LogP contribution is -2.03. The molecule has 104 valence electrons. The van der Waals surface area contributed by atoms with Gasteiger partial charge in [0.1, 0.15) is 11.3 Å². The van der Waals surface area contributed by atoms with Crippen molar-refractivity contribution in [3.63, 3.8) is 0 Å². The second kappa shape index (κ2) is 3.98. The third kappa shape index (κ3) is 1.42. The molecule has 0 atom stereocenters. The van der Waals surface area contributed by atoms with E-state index in [1.807, 2.05) is 60.7 Å². The van der Waals surface area contributed by atoms with Gasteiger partial charge in [0, 0.05) is 27.3 Å². The van der Waals surface area contributed by atoms with Crippen LogP contribution in [0.1, 0.15) is 10.4 Å². The number of furan rings is 1. The fraction of sp³-hybridized carbons (Fsp3) is 0. The Labute approximate surface area is 126 Å². The second-order valence-electron chi connectivity index (χ2n) is 5.50. The molecule has 1 aromatic heterocycles. The summed E-state index contributed by atoms with van der Waals surface area (Å²) in [7, 11) is 0. The summed E-state index contributed by atoms with van der Waals surface area (Å²) in [5, 5.41) is 5.86. The molecule has 0 unspecified atom stereocenters. The first-order valence-corrected chi connectivity index (χ1v) is 7.17. The molecular formula is C19H11NO2. The molecule has 1 aliphatic rings. The van der Waals surface area contributed by atoms with E-state index in [4.69, 9.17) is 4.42 Å². The summed E-state index contributed by atoms with van der Waals surface area (Å²) in [5.74, 6) is 0.794. The molecule has 0 saturated carbocycles. The van der Waals surface area contributed by atoms with Crippen molar-refractivity contribution >= 4 is 33.3 Å². The van der Waals surface area contributed by atoms with Gasteiger partial charge in [0.15, 0.2) is 0 Å². The standard InChI is InChI=1S/C19H11NO2/c21-19-14-8-4-7-13-17(14)15(20-19)9-12-10-16(22-18(12)13)11-5-2-1-3-6-11/h1-10H,(H,20,21). The molecule has 1 amide bonds. The van der Waals surface area contributed by atoms with Gasteiger partial charge in [-0.3, -0.25) is 4.79 Å². The number of fused-ring (bicyclic) bond motifs is 2. The van der Waals surface area contributed by atoms with Crippen LogP contribution in [0.3, 0.4) is 0 Å². The summed E-state index contributed by atoms with van der Waals surface area (Å²) in [6.45, 7) is 0. The van der Waals surface area contributed by atoms with Gasteiger partial charge >= 0.3 is 0 Å². The second-order valence-corrected chi connectivity index (χ2v) is 5.50. The van der Waals surface area contributed by atoms with Crippen LogP contribution in [0, 0.1) is 0 Å². The maximum atomic E-state index is 12.0. The molecule has 3 aromatic carbocycles. The summed E-state index contributed by atoms with van der Waals surface area (Å²) in [6.07, 6.45) is 0. The number of carbonyl (C=O) groups excluding carboxylic acids is 1. The highest BCUT2D eigenvalue weighted by Crippen LogP contribution is 2.40. The van der Waals surface area contributed by atoms with Gasteiger partial charge in [-0.25, -0.2) is 0 Å². The van der Waals surface area contributed by atoms with E-state index < -0.39 is 0 Å². The van der Waals surface area contributed by atoms with Crippen molar-refractivity contribution in [2.24, 2.45) is 0 Å². The molecule has 3 heteroatoms. The van der Waals surface area contributed by atoms with E-state index in [0.29, 0.717) is 5.56 Å². The lowest BCUT2D eigenvalue weighted by molar-refractivity contribution is 0.103. The van der Waals surface area contributed by atoms with E-state index >= 15 is 0 Å². The third-order valence-electron chi connectivity index (χ3n) is 4.19. The van der Waals surface area contributed by atoms with Crippen LogP contribution in [0.4, 0.5) is 5.69 Å². The number of hydrogen-bond acceptors (Lipinski definition) is 2. The van der Waals surface area contributed by atoms with E-state index in [1.165, 1.54) is 0 Å². The molecule has 4 aromatic rings. The molecule has 0 spiro atoms. The van der Waals surface area contributed by atoms with Crippen molar-refractivity contribution in [3.05, 3.63) is 66.2 Å². The zero-order chi connectivity index (χ0) is 14.7. The highest BCUT2D eigenvalue weighted by atomic mass is 16.3. The molecule has 0 bridgehead atoms. The molecular weight excluding hydrogens is 274 g/mol. The molecule has 3 nitrogen and oxygen atoms in total. The Morgan fingerprint density at radius 1 is 0.909 bits per heavy atom. The topological polar surface area (TPSA) is 42.2 Å². The average Bonchev–Trinajstić information content (AvgIpc) is 3.12. The zero-order valence-electron chi connectivity index (χ0n) is 11.6. The molecule has 22 heavy (non-hydrogen) atoms. The molecule has 1 aliphatic heterocycles. The van der Waals surface area contributed by atoms with Crippen molar-refractivity contribution in [3.8, 4) is 11.3 Å². The lowest BCUT2D eigenvalue weighted by atomic mass is 10.0. The van der Waals surface area contributed by atoms with Gasteiger partial charge in [0.05, 0.1) is 5.69 Å². The van der Waals surface area contributed by atoms with Crippen molar-refractivity contribution in [2.45, 2.75) is 0 Å². The van der Waals surface area contributed by atoms with E-state index in [1.54, 1.807) is 0 Å². The van der Waals surface area contributed by atoms with Crippen LogP contribution < -0.4 is 5.32 Å². The maximum Gasteiger partial charge on any atom is 0.256 e. The summed E-state index contributed by atoms with van der Waals surface area (Å²) in [4.78, 5) is 12.0. The minimum Gasteiger partial charge on any atom is -0.455 e. The Morgan fingerprint density at radius 2 is 1.77 bits per heavy atom. The third-order valence-corrected chi connectivity index (χ3v) is 4.19. The van der Waals surface area contributed by atoms with Crippen LogP contribution >= 0.6 is 0 Å². The van der Waals surface area contributed by atoms with Crippen LogP contribution in [-0.2, 0) is 0 Å². The number of amides is 1. The van der Waals surface area contributed by atoms with Crippen molar-refractivity contribution in [1.82, 2.24) is 0 Å². The van der Waals surface area contributed by atoms with E-state index in [-0.39, 0.29) is 5.91 Å². The first-order valence-electron chi connectivity index (χ1n) is 7.17. The van der Waals surface area contributed by atoms with Crippen LogP contribution in [0.2, 0.25) is 0 Å². The summed E-state index contributed by atoms with van der Waals surface area (Å²) >= 11 is 0. The van der Waals surface area contributed by atoms with Gasteiger partial charge in [-0.2, -0.15) is 0 Å². The van der Waals surface area contributed by atoms with E-state index in [2.05, 4.69) is 5.32 Å². The smallest absolute Gasteiger partial charge is 0.256 e. The Morgan fingerprint density at radius 3 is 2.64 bits per heavy atom. The molecule has 1 N–H and O–H groups in total. The number of carbonyl (C=O) groups is 1. The average molecular weight is 285 g/mol. The van der Waals surface area contributed by atoms with Crippen LogP contribution in [-0.4, -0.2) is 5.91 Å². The predicted octanol–water partition coefficient (Wildman–Crippen LogP) is 4.82. The number of rotatable bonds is 1. The molecule has 0 radical (unpaired) electrons. The quantitative estimate of drug-likeness (QED) is 0.545. The van der Waals surface area contributed by atoms with Gasteiger partial charge < -0.3 is 9.73 Å². The van der Waals surface area contributed by atoms with Crippen LogP contribution in [0.5, 0.6) is 0 Å². The van der Waals surface area contributed by atoms with Gasteiger partial charge in [-0.05, 0) is 18.2 Å².